The highest BCUT2D eigenvalue weighted by Crippen LogP contribution is 2.10. The molecule has 1 N–H and O–H groups in total. The molecule has 0 heterocycles. The maximum absolute atomic E-state index is 11.2. The number of rotatable bonds is 13. The molecule has 0 rings (SSSR count). The molecule has 4 nitrogen and oxygen atoms in total. The van der Waals surface area contributed by atoms with Crippen LogP contribution in [0.15, 0.2) is 0 Å². The van der Waals surface area contributed by atoms with Gasteiger partial charge in [-0.2, -0.15) is 0 Å². The van der Waals surface area contributed by atoms with E-state index in [0.29, 0.717) is 13.2 Å². The Morgan fingerprint density at radius 1 is 0.905 bits per heavy atom. The number of quaternary nitrogens is 1. The fraction of sp³-hybridized carbons (Fsp3) is 0.941. The minimum absolute atomic E-state index is 0.301. The maximum atomic E-state index is 11.2. The molecule has 126 valence electrons. The first kappa shape index (κ1) is 20.2. The summed E-state index contributed by atoms with van der Waals surface area (Å²) in [7, 11) is 4.46. The second-order valence-corrected chi connectivity index (χ2v) is 6.51. The van der Waals surface area contributed by atoms with Crippen LogP contribution in [0, 0.1) is 0 Å². The first-order valence-corrected chi connectivity index (χ1v) is 8.74. The zero-order valence-electron chi connectivity index (χ0n) is 14.7. The molecule has 0 bridgehead atoms. The molecule has 0 unspecified atom stereocenters. The van der Waals surface area contributed by atoms with Crippen molar-refractivity contribution < 1.29 is 14.0 Å². The number of hydrogen-bond donors (Lipinski definition) is 1. The fourth-order valence-electron chi connectivity index (χ4n) is 2.43. The first-order chi connectivity index (χ1) is 10.0. The van der Waals surface area contributed by atoms with Crippen molar-refractivity contribution in [1.29, 1.82) is 0 Å². The number of ether oxygens (including phenoxy) is 1. The number of unbranched alkanes of at least 4 members (excludes halogenated alkanes) is 7. The van der Waals surface area contributed by atoms with E-state index in [1.807, 2.05) is 6.92 Å². The van der Waals surface area contributed by atoms with Gasteiger partial charge in [0.25, 0.3) is 0 Å². The van der Waals surface area contributed by atoms with Crippen LogP contribution in [0.4, 0.5) is 4.79 Å². The summed E-state index contributed by atoms with van der Waals surface area (Å²) < 4.78 is 5.81. The Morgan fingerprint density at radius 3 is 2.05 bits per heavy atom. The standard InChI is InChI=1S/C17H36N2O2/c1-5-7-8-9-10-11-12-13-15-19(3,4)16-14-18-17(20)21-6-2/h5-16H2,1-4H3/p+1. The van der Waals surface area contributed by atoms with Crippen molar-refractivity contribution in [3.8, 4) is 0 Å². The smallest absolute Gasteiger partial charge is 0.407 e. The van der Waals surface area contributed by atoms with Crippen LogP contribution in [0.25, 0.3) is 0 Å². The van der Waals surface area contributed by atoms with Gasteiger partial charge >= 0.3 is 6.09 Å². The molecule has 0 atom stereocenters. The highest BCUT2D eigenvalue weighted by Gasteiger charge is 2.14. The van der Waals surface area contributed by atoms with Gasteiger partial charge in [-0.05, 0) is 19.8 Å². The third-order valence-electron chi connectivity index (χ3n) is 3.88. The van der Waals surface area contributed by atoms with E-state index in [0.717, 1.165) is 11.0 Å². The van der Waals surface area contributed by atoms with Crippen LogP contribution in [0.5, 0.6) is 0 Å². The molecule has 4 heteroatoms. The van der Waals surface area contributed by atoms with Crippen LogP contribution in [0.2, 0.25) is 0 Å². The molecule has 0 aromatic heterocycles. The van der Waals surface area contributed by atoms with Gasteiger partial charge in [0.05, 0.1) is 40.3 Å². The Kier molecular flexibility index (Phi) is 12.5. The summed E-state index contributed by atoms with van der Waals surface area (Å²) in [5.41, 5.74) is 0. The summed E-state index contributed by atoms with van der Waals surface area (Å²) in [6.45, 7) is 7.33. The van der Waals surface area contributed by atoms with E-state index < -0.39 is 0 Å². The molecule has 0 aliphatic rings. The van der Waals surface area contributed by atoms with Crippen LogP contribution in [-0.2, 0) is 4.74 Å². The van der Waals surface area contributed by atoms with Crippen LogP contribution < -0.4 is 5.32 Å². The number of carbonyl (C=O) groups is 1. The van der Waals surface area contributed by atoms with Crippen LogP contribution in [0.1, 0.15) is 65.2 Å². The van der Waals surface area contributed by atoms with E-state index in [1.165, 1.54) is 57.9 Å². The summed E-state index contributed by atoms with van der Waals surface area (Å²) in [6, 6.07) is 0. The van der Waals surface area contributed by atoms with E-state index >= 15 is 0 Å². The number of alkyl carbamates (subject to hydrolysis) is 1. The molecule has 0 spiro atoms. The summed E-state index contributed by atoms with van der Waals surface area (Å²) in [5.74, 6) is 0. The van der Waals surface area contributed by atoms with Crippen molar-refractivity contribution in [2.75, 3.05) is 40.3 Å². The van der Waals surface area contributed by atoms with Gasteiger partial charge in [0.2, 0.25) is 0 Å². The molecule has 0 aliphatic heterocycles. The van der Waals surface area contributed by atoms with Gasteiger partial charge in [0.15, 0.2) is 0 Å². The van der Waals surface area contributed by atoms with Gasteiger partial charge in [-0.15, -0.1) is 0 Å². The second kappa shape index (κ2) is 12.9. The van der Waals surface area contributed by atoms with E-state index in [4.69, 9.17) is 4.74 Å². The van der Waals surface area contributed by atoms with Crippen LogP contribution >= 0.6 is 0 Å². The second-order valence-electron chi connectivity index (χ2n) is 6.51. The molecule has 0 aliphatic carbocycles. The topological polar surface area (TPSA) is 38.3 Å². The summed E-state index contributed by atoms with van der Waals surface area (Å²) in [6.07, 6.45) is 10.6. The minimum Gasteiger partial charge on any atom is -0.450 e. The zero-order chi connectivity index (χ0) is 16.0. The van der Waals surface area contributed by atoms with E-state index in [1.54, 1.807) is 0 Å². The minimum atomic E-state index is -0.301. The molecule has 0 fully saturated rings. The Hall–Kier alpha value is -0.770. The molecule has 21 heavy (non-hydrogen) atoms. The number of hydrogen-bond acceptors (Lipinski definition) is 2. The van der Waals surface area contributed by atoms with E-state index in [2.05, 4.69) is 26.3 Å². The predicted octanol–water partition coefficient (Wildman–Crippen LogP) is 3.95. The van der Waals surface area contributed by atoms with Crippen molar-refractivity contribution in [2.45, 2.75) is 65.2 Å². The van der Waals surface area contributed by atoms with Crippen molar-refractivity contribution in [1.82, 2.24) is 5.32 Å². The average Bonchev–Trinajstić information content (AvgIpc) is 2.42. The van der Waals surface area contributed by atoms with E-state index in [-0.39, 0.29) is 6.09 Å². The van der Waals surface area contributed by atoms with Gasteiger partial charge in [-0.25, -0.2) is 4.79 Å². The van der Waals surface area contributed by atoms with Gasteiger partial charge in [0, 0.05) is 0 Å². The lowest BCUT2D eigenvalue weighted by Crippen LogP contribution is -2.46. The van der Waals surface area contributed by atoms with Crippen molar-refractivity contribution in [2.24, 2.45) is 0 Å². The van der Waals surface area contributed by atoms with Gasteiger partial charge < -0.3 is 14.5 Å². The Labute approximate surface area is 131 Å². The number of nitrogens with zero attached hydrogens (tertiary/aromatic N) is 1. The zero-order valence-corrected chi connectivity index (χ0v) is 14.7. The third kappa shape index (κ3) is 13.9. The fourth-order valence-corrected chi connectivity index (χ4v) is 2.43. The monoisotopic (exact) mass is 301 g/mol. The molecule has 0 saturated heterocycles. The van der Waals surface area contributed by atoms with Crippen LogP contribution in [0.3, 0.4) is 0 Å². The van der Waals surface area contributed by atoms with Crippen molar-refractivity contribution in [3.63, 3.8) is 0 Å². The largest absolute Gasteiger partial charge is 0.450 e. The molecule has 0 saturated carbocycles. The molecular formula is C17H37N2O2+. The number of carbonyl (C=O) groups excluding carboxylic acids is 1. The maximum Gasteiger partial charge on any atom is 0.407 e. The molecule has 1 amide bonds. The lowest BCUT2D eigenvalue weighted by molar-refractivity contribution is -0.889. The lowest BCUT2D eigenvalue weighted by Gasteiger charge is -2.29. The Morgan fingerprint density at radius 2 is 1.48 bits per heavy atom. The third-order valence-corrected chi connectivity index (χ3v) is 3.88. The molecule has 0 aromatic carbocycles. The predicted molar refractivity (Wildman–Crippen MR) is 89.5 cm³/mol. The highest BCUT2D eigenvalue weighted by molar-refractivity contribution is 5.66. The first-order valence-electron chi connectivity index (χ1n) is 8.74. The molecule has 0 radical (unpaired) electrons. The van der Waals surface area contributed by atoms with Crippen molar-refractivity contribution >= 4 is 6.09 Å². The summed E-state index contributed by atoms with van der Waals surface area (Å²) in [4.78, 5) is 11.2. The average molecular weight is 301 g/mol. The van der Waals surface area contributed by atoms with Crippen LogP contribution in [-0.4, -0.2) is 50.9 Å². The number of likely N-dealkylation sites (N-methyl/N-ethyl adjacent to an activating group) is 1. The molecule has 0 aromatic rings. The number of amides is 1. The Balaban J connectivity index is 3.48. The van der Waals surface area contributed by atoms with Crippen molar-refractivity contribution in [3.05, 3.63) is 0 Å². The SMILES string of the molecule is CCCCCCCCCC[N+](C)(C)CCNC(=O)OCC. The van der Waals surface area contributed by atoms with Gasteiger partial charge in [0.1, 0.15) is 0 Å². The quantitative estimate of drug-likeness (QED) is 0.413. The lowest BCUT2D eigenvalue weighted by atomic mass is 10.1. The highest BCUT2D eigenvalue weighted by atomic mass is 16.5. The van der Waals surface area contributed by atoms with E-state index in [9.17, 15) is 4.79 Å². The Bertz CT molecular complexity index is 255. The summed E-state index contributed by atoms with van der Waals surface area (Å²) >= 11 is 0. The summed E-state index contributed by atoms with van der Waals surface area (Å²) in [5, 5.41) is 2.79. The number of nitrogens with one attached hydrogen (secondary N) is 1. The normalized spacial score (nSPS) is 11.4. The van der Waals surface area contributed by atoms with Gasteiger partial charge in [-0.3, -0.25) is 0 Å². The van der Waals surface area contributed by atoms with Gasteiger partial charge in [-0.1, -0.05) is 45.4 Å². The molecular weight excluding hydrogens is 264 g/mol.